The molecule has 1 rings (SSSR count). The van der Waals surface area contributed by atoms with Crippen molar-refractivity contribution in [3.8, 4) is 0 Å². The van der Waals surface area contributed by atoms with Gasteiger partial charge in [0, 0.05) is 5.41 Å². The number of ketones is 1. The van der Waals surface area contributed by atoms with Crippen molar-refractivity contribution >= 4 is 5.78 Å². The van der Waals surface area contributed by atoms with Crippen LogP contribution in [0.15, 0.2) is 0 Å². The van der Waals surface area contributed by atoms with E-state index in [1.54, 1.807) is 0 Å². The molecule has 3 atom stereocenters. The van der Waals surface area contributed by atoms with E-state index in [1.807, 2.05) is 0 Å². The second kappa shape index (κ2) is 4.85. The van der Waals surface area contributed by atoms with Gasteiger partial charge in [-0.3, -0.25) is 4.79 Å². The van der Waals surface area contributed by atoms with Crippen LogP contribution in [-0.2, 0) is 4.79 Å². The van der Waals surface area contributed by atoms with Gasteiger partial charge in [0.25, 0.3) is 5.60 Å². The van der Waals surface area contributed by atoms with Gasteiger partial charge in [0.05, 0.1) is 5.92 Å². The molecule has 1 saturated carbocycles. The Morgan fingerprint density at radius 2 is 1.41 bits per heavy atom. The fraction of sp³-hybridized carbons (Fsp3) is 0.929. The second-order valence-electron chi connectivity index (χ2n) is 6.80. The van der Waals surface area contributed by atoms with E-state index in [4.69, 9.17) is 0 Å². The third-order valence-corrected chi connectivity index (χ3v) is 5.91. The van der Waals surface area contributed by atoms with E-state index in [2.05, 4.69) is 0 Å². The molecule has 0 spiro atoms. The number of carbonyl (C=O) groups is 1. The molecule has 1 aliphatic rings. The first-order valence-electron chi connectivity index (χ1n) is 6.90. The third kappa shape index (κ3) is 2.09. The van der Waals surface area contributed by atoms with Crippen LogP contribution < -0.4 is 0 Å². The maximum Gasteiger partial charge on any atom is 0.427 e. The normalized spacial score (nSPS) is 33.4. The van der Waals surface area contributed by atoms with Gasteiger partial charge in [-0.2, -0.15) is 26.3 Å². The Morgan fingerprint density at radius 1 is 1.05 bits per heavy atom. The Labute approximate surface area is 124 Å². The van der Waals surface area contributed by atoms with Crippen molar-refractivity contribution in [2.75, 3.05) is 0 Å². The van der Waals surface area contributed by atoms with Gasteiger partial charge in [0.2, 0.25) is 0 Å². The molecule has 1 fully saturated rings. The highest BCUT2D eigenvalue weighted by molar-refractivity contribution is 5.91. The van der Waals surface area contributed by atoms with E-state index in [0.29, 0.717) is 0 Å². The Balaban J connectivity index is 3.64. The van der Waals surface area contributed by atoms with Gasteiger partial charge in [0.1, 0.15) is 5.78 Å². The van der Waals surface area contributed by atoms with Crippen LogP contribution in [0.4, 0.5) is 26.3 Å². The van der Waals surface area contributed by atoms with Gasteiger partial charge in [0.15, 0.2) is 0 Å². The highest BCUT2D eigenvalue weighted by atomic mass is 19.4. The lowest BCUT2D eigenvalue weighted by Crippen LogP contribution is -2.64. The van der Waals surface area contributed by atoms with E-state index in [0.717, 1.165) is 6.92 Å². The molecule has 2 nitrogen and oxygen atoms in total. The summed E-state index contributed by atoms with van der Waals surface area (Å²) in [5, 5.41) is 9.61. The maximum atomic E-state index is 13.1. The van der Waals surface area contributed by atoms with E-state index in [-0.39, 0.29) is 6.42 Å². The van der Waals surface area contributed by atoms with Gasteiger partial charge >= 0.3 is 12.4 Å². The molecule has 1 N–H and O–H groups in total. The third-order valence-electron chi connectivity index (χ3n) is 5.91. The van der Waals surface area contributed by atoms with Crippen molar-refractivity contribution in [1.82, 2.24) is 0 Å². The van der Waals surface area contributed by atoms with Crippen molar-refractivity contribution in [1.29, 1.82) is 0 Å². The number of hydrogen-bond donors (Lipinski definition) is 1. The molecule has 0 amide bonds. The zero-order valence-electron chi connectivity index (χ0n) is 13.0. The Hall–Kier alpha value is -0.790. The maximum absolute atomic E-state index is 13.1. The van der Waals surface area contributed by atoms with Crippen molar-refractivity contribution in [3.63, 3.8) is 0 Å². The minimum atomic E-state index is -5.99. The molecule has 130 valence electrons. The molecule has 0 saturated heterocycles. The molecule has 0 aliphatic heterocycles. The number of Topliss-reactive ketones (excluding diaryl/α,β-unsaturated/α-hetero) is 1. The summed E-state index contributed by atoms with van der Waals surface area (Å²) in [6, 6.07) is 0. The van der Waals surface area contributed by atoms with Gasteiger partial charge < -0.3 is 5.11 Å². The number of halogens is 6. The van der Waals surface area contributed by atoms with Crippen LogP contribution in [0.3, 0.4) is 0 Å². The van der Waals surface area contributed by atoms with E-state index in [9.17, 15) is 36.2 Å². The average molecular weight is 334 g/mol. The van der Waals surface area contributed by atoms with Crippen LogP contribution in [-0.4, -0.2) is 28.8 Å². The molecule has 8 heteroatoms. The number of rotatable bonds is 2. The number of alkyl halides is 6. The van der Waals surface area contributed by atoms with Crippen LogP contribution >= 0.6 is 0 Å². The summed E-state index contributed by atoms with van der Waals surface area (Å²) in [6.45, 7) is 6.98. The van der Waals surface area contributed by atoms with Crippen molar-refractivity contribution < 1.29 is 36.2 Å². The van der Waals surface area contributed by atoms with Gasteiger partial charge in [-0.15, -0.1) is 0 Å². The van der Waals surface area contributed by atoms with Crippen LogP contribution in [0.25, 0.3) is 0 Å². The quantitative estimate of drug-likeness (QED) is 0.772. The Morgan fingerprint density at radius 3 is 1.64 bits per heavy atom. The smallest absolute Gasteiger partial charge is 0.373 e. The molecule has 0 radical (unpaired) electrons. The summed E-state index contributed by atoms with van der Waals surface area (Å²) >= 11 is 0. The molecule has 0 aromatic carbocycles. The molecule has 0 heterocycles. The summed E-state index contributed by atoms with van der Waals surface area (Å²) in [7, 11) is 0. The lowest BCUT2D eigenvalue weighted by molar-refractivity contribution is -0.383. The zero-order valence-corrected chi connectivity index (χ0v) is 13.0. The first-order chi connectivity index (χ1) is 9.50. The van der Waals surface area contributed by atoms with Crippen molar-refractivity contribution in [3.05, 3.63) is 0 Å². The number of hydrogen-bond acceptors (Lipinski definition) is 2. The highest BCUT2D eigenvalue weighted by Crippen LogP contribution is 2.64. The average Bonchev–Trinajstić information content (AvgIpc) is 2.45. The summed E-state index contributed by atoms with van der Waals surface area (Å²) in [6.07, 6.45) is -11.9. The van der Waals surface area contributed by atoms with E-state index in [1.165, 1.54) is 27.7 Å². The molecule has 0 bridgehead atoms. The molecule has 22 heavy (non-hydrogen) atoms. The van der Waals surface area contributed by atoms with E-state index < -0.39 is 46.4 Å². The lowest BCUT2D eigenvalue weighted by atomic mass is 9.64. The Bertz CT molecular complexity index is 451. The SMILES string of the molecule is CCC1(C)C(=O)[C@@H](C(O)(C(F)(F)F)C(F)(F)F)C(C)C1(C)C. The monoisotopic (exact) mass is 334 g/mol. The largest absolute Gasteiger partial charge is 0.427 e. The summed E-state index contributed by atoms with van der Waals surface area (Å²) in [4.78, 5) is 12.5. The molecular weight excluding hydrogens is 314 g/mol. The van der Waals surface area contributed by atoms with Crippen LogP contribution in [0.2, 0.25) is 0 Å². The van der Waals surface area contributed by atoms with Gasteiger partial charge in [-0.25, -0.2) is 0 Å². The van der Waals surface area contributed by atoms with Crippen LogP contribution in [0.5, 0.6) is 0 Å². The number of carbonyl (C=O) groups excluding carboxylic acids is 1. The fourth-order valence-electron chi connectivity index (χ4n) is 3.50. The van der Waals surface area contributed by atoms with Gasteiger partial charge in [-0.1, -0.05) is 34.6 Å². The fourth-order valence-corrected chi connectivity index (χ4v) is 3.50. The predicted molar refractivity (Wildman–Crippen MR) is 66.9 cm³/mol. The topological polar surface area (TPSA) is 37.3 Å². The molecule has 2 unspecified atom stereocenters. The predicted octanol–water partition coefficient (Wildman–Crippen LogP) is 4.12. The molecule has 1 aliphatic carbocycles. The summed E-state index contributed by atoms with van der Waals surface area (Å²) < 4.78 is 78.5. The molecule has 0 aromatic heterocycles. The standard InChI is InChI=1S/C14H20F6O2/c1-6-11(5)9(21)8(7(2)10(11,3)4)12(22,13(15,16)17)14(18,19)20/h7-8,22H,6H2,1-5H3/t7?,8-,11?/m0/s1. The second-order valence-corrected chi connectivity index (χ2v) is 6.80. The number of aliphatic hydroxyl groups is 1. The minimum Gasteiger partial charge on any atom is -0.373 e. The first-order valence-corrected chi connectivity index (χ1v) is 6.90. The summed E-state index contributed by atoms with van der Waals surface area (Å²) in [5.41, 5.74) is -7.53. The van der Waals surface area contributed by atoms with Gasteiger partial charge in [-0.05, 0) is 17.8 Å². The minimum absolute atomic E-state index is 0.0888. The zero-order chi connectivity index (χ0) is 17.9. The van der Waals surface area contributed by atoms with Crippen LogP contribution in [0, 0.1) is 22.7 Å². The van der Waals surface area contributed by atoms with Crippen molar-refractivity contribution in [2.24, 2.45) is 22.7 Å². The highest BCUT2D eigenvalue weighted by Gasteiger charge is 2.80. The Kier molecular flexibility index (Phi) is 4.25. The van der Waals surface area contributed by atoms with Crippen molar-refractivity contribution in [2.45, 2.75) is 59.0 Å². The lowest BCUT2D eigenvalue weighted by Gasteiger charge is -2.40. The van der Waals surface area contributed by atoms with E-state index >= 15 is 0 Å². The molecule has 0 aromatic rings. The van der Waals surface area contributed by atoms with Crippen LogP contribution in [0.1, 0.15) is 41.0 Å². The molecular formula is C14H20F6O2. The first kappa shape index (κ1) is 19.3. The summed E-state index contributed by atoms with van der Waals surface area (Å²) in [5.74, 6) is -5.06.